The first kappa shape index (κ1) is 10.7. The molecule has 0 aliphatic heterocycles. The van der Waals surface area contributed by atoms with E-state index in [2.05, 4.69) is 4.98 Å². The molecule has 0 unspecified atom stereocenters. The SMILES string of the molecule is Cc1sc2nc(-c3cccs3)c(C=O)n2c1C. The Morgan fingerprint density at radius 1 is 1.41 bits per heavy atom. The van der Waals surface area contributed by atoms with Crippen LogP contribution in [0.3, 0.4) is 0 Å². The van der Waals surface area contributed by atoms with Crippen LogP contribution in [0.15, 0.2) is 17.5 Å². The number of aromatic nitrogens is 2. The minimum Gasteiger partial charge on any atom is -0.296 e. The predicted octanol–water partition coefficient (Wildman–Crippen LogP) is 3.55. The highest BCUT2D eigenvalue weighted by Crippen LogP contribution is 2.31. The number of aryl methyl sites for hydroxylation is 2. The summed E-state index contributed by atoms with van der Waals surface area (Å²) in [6.07, 6.45) is 0.897. The standard InChI is InChI=1S/C12H10N2OS2/c1-7-8(2)17-12-13-11(9(6-15)14(7)12)10-4-3-5-16-10/h3-6H,1-2H3. The molecule has 0 saturated carbocycles. The molecule has 0 spiro atoms. The Morgan fingerprint density at radius 3 is 2.88 bits per heavy atom. The van der Waals surface area contributed by atoms with Crippen molar-refractivity contribution in [3.8, 4) is 10.6 Å². The molecule has 0 aliphatic carbocycles. The van der Waals surface area contributed by atoms with Gasteiger partial charge in [0, 0.05) is 10.6 Å². The van der Waals surface area contributed by atoms with E-state index in [0.29, 0.717) is 5.69 Å². The summed E-state index contributed by atoms with van der Waals surface area (Å²) in [6.45, 7) is 4.07. The van der Waals surface area contributed by atoms with Gasteiger partial charge >= 0.3 is 0 Å². The fourth-order valence-corrected chi connectivity index (χ4v) is 3.57. The summed E-state index contributed by atoms with van der Waals surface area (Å²) in [5.74, 6) is 0. The van der Waals surface area contributed by atoms with Crippen molar-refractivity contribution in [2.45, 2.75) is 13.8 Å². The summed E-state index contributed by atoms with van der Waals surface area (Å²) < 4.78 is 1.95. The Balaban J connectivity index is 2.38. The van der Waals surface area contributed by atoms with Crippen molar-refractivity contribution in [3.63, 3.8) is 0 Å². The predicted molar refractivity (Wildman–Crippen MR) is 71.2 cm³/mol. The molecule has 0 aliphatic rings. The van der Waals surface area contributed by atoms with Gasteiger partial charge < -0.3 is 0 Å². The van der Waals surface area contributed by atoms with Gasteiger partial charge in [-0.05, 0) is 25.3 Å². The molecule has 0 amide bonds. The Labute approximate surface area is 106 Å². The van der Waals surface area contributed by atoms with E-state index in [1.807, 2.05) is 35.8 Å². The third-order valence-electron chi connectivity index (χ3n) is 2.84. The monoisotopic (exact) mass is 262 g/mol. The van der Waals surface area contributed by atoms with Gasteiger partial charge in [0.15, 0.2) is 11.2 Å². The second kappa shape index (κ2) is 3.78. The molecule has 17 heavy (non-hydrogen) atoms. The number of rotatable bonds is 2. The minimum absolute atomic E-state index is 0.657. The average molecular weight is 262 g/mol. The Morgan fingerprint density at radius 2 is 2.24 bits per heavy atom. The van der Waals surface area contributed by atoms with Gasteiger partial charge in [0.1, 0.15) is 11.4 Å². The highest BCUT2D eigenvalue weighted by molar-refractivity contribution is 7.17. The van der Waals surface area contributed by atoms with Crippen molar-refractivity contribution >= 4 is 33.9 Å². The zero-order valence-corrected chi connectivity index (χ0v) is 11.1. The van der Waals surface area contributed by atoms with E-state index in [9.17, 15) is 4.79 Å². The van der Waals surface area contributed by atoms with Gasteiger partial charge in [-0.2, -0.15) is 0 Å². The number of carbonyl (C=O) groups is 1. The van der Waals surface area contributed by atoms with E-state index in [1.165, 1.54) is 4.88 Å². The van der Waals surface area contributed by atoms with Crippen molar-refractivity contribution in [2.75, 3.05) is 0 Å². The molecule has 0 N–H and O–H groups in total. The number of carbonyl (C=O) groups excluding carboxylic acids is 1. The van der Waals surface area contributed by atoms with Crippen LogP contribution in [-0.2, 0) is 0 Å². The fraction of sp³-hybridized carbons (Fsp3) is 0.167. The molecule has 5 heteroatoms. The quantitative estimate of drug-likeness (QED) is 0.662. The van der Waals surface area contributed by atoms with Gasteiger partial charge in [-0.3, -0.25) is 9.20 Å². The smallest absolute Gasteiger partial charge is 0.195 e. The van der Waals surface area contributed by atoms with Crippen LogP contribution in [0.5, 0.6) is 0 Å². The molecule has 86 valence electrons. The molecule has 0 atom stereocenters. The maximum Gasteiger partial charge on any atom is 0.195 e. The van der Waals surface area contributed by atoms with Crippen LogP contribution in [0.25, 0.3) is 15.5 Å². The first-order valence-corrected chi connectivity index (χ1v) is 6.89. The molecule has 3 heterocycles. The summed E-state index contributed by atoms with van der Waals surface area (Å²) >= 11 is 3.23. The molecule has 0 saturated heterocycles. The molecular weight excluding hydrogens is 252 g/mol. The Kier molecular flexibility index (Phi) is 2.38. The fourth-order valence-electron chi connectivity index (χ4n) is 1.88. The van der Waals surface area contributed by atoms with Crippen LogP contribution in [0.1, 0.15) is 21.1 Å². The van der Waals surface area contributed by atoms with E-state index in [4.69, 9.17) is 0 Å². The third kappa shape index (κ3) is 1.46. The van der Waals surface area contributed by atoms with Crippen molar-refractivity contribution < 1.29 is 4.79 Å². The van der Waals surface area contributed by atoms with Crippen LogP contribution < -0.4 is 0 Å². The Bertz CT molecular complexity index is 692. The van der Waals surface area contributed by atoms with Crippen molar-refractivity contribution in [1.82, 2.24) is 9.38 Å². The molecule has 0 fully saturated rings. The minimum atomic E-state index is 0.657. The van der Waals surface area contributed by atoms with Gasteiger partial charge in [-0.15, -0.1) is 22.7 Å². The number of hydrogen-bond donors (Lipinski definition) is 0. The molecular formula is C12H10N2OS2. The van der Waals surface area contributed by atoms with E-state index in [1.54, 1.807) is 22.7 Å². The molecule has 3 rings (SSSR count). The number of imidazole rings is 1. The number of thiazole rings is 1. The highest BCUT2D eigenvalue weighted by atomic mass is 32.1. The van der Waals surface area contributed by atoms with Crippen LogP contribution in [-0.4, -0.2) is 15.7 Å². The maximum atomic E-state index is 11.3. The van der Waals surface area contributed by atoms with Crippen LogP contribution >= 0.6 is 22.7 Å². The Hall–Kier alpha value is -1.46. The van der Waals surface area contributed by atoms with Crippen LogP contribution in [0, 0.1) is 13.8 Å². The summed E-state index contributed by atoms with van der Waals surface area (Å²) in [7, 11) is 0. The average Bonchev–Trinajstić information content (AvgIpc) is 2.97. The third-order valence-corrected chi connectivity index (χ3v) is 4.77. The van der Waals surface area contributed by atoms with Crippen LogP contribution in [0.4, 0.5) is 0 Å². The summed E-state index contributed by atoms with van der Waals surface area (Å²) in [5, 5.41) is 2.00. The zero-order chi connectivity index (χ0) is 12.0. The van der Waals surface area contributed by atoms with Crippen LogP contribution in [0.2, 0.25) is 0 Å². The molecule has 3 aromatic rings. The van der Waals surface area contributed by atoms with Gasteiger partial charge in [0.05, 0.1) is 4.88 Å². The van der Waals surface area contributed by atoms with Crippen molar-refractivity contribution in [2.24, 2.45) is 0 Å². The first-order chi connectivity index (χ1) is 8.22. The zero-order valence-electron chi connectivity index (χ0n) is 9.43. The van der Waals surface area contributed by atoms with Gasteiger partial charge in [0.25, 0.3) is 0 Å². The van der Waals surface area contributed by atoms with E-state index < -0.39 is 0 Å². The lowest BCUT2D eigenvalue weighted by atomic mass is 10.3. The van der Waals surface area contributed by atoms with Crippen molar-refractivity contribution in [1.29, 1.82) is 0 Å². The number of nitrogens with zero attached hydrogens (tertiary/aromatic N) is 2. The van der Waals surface area contributed by atoms with Gasteiger partial charge in [-0.25, -0.2) is 4.98 Å². The van der Waals surface area contributed by atoms with E-state index in [-0.39, 0.29) is 0 Å². The number of fused-ring (bicyclic) bond motifs is 1. The summed E-state index contributed by atoms with van der Waals surface area (Å²) in [6, 6.07) is 3.96. The maximum absolute atomic E-state index is 11.3. The van der Waals surface area contributed by atoms with Gasteiger partial charge in [-0.1, -0.05) is 6.07 Å². The van der Waals surface area contributed by atoms with E-state index >= 15 is 0 Å². The molecule has 0 radical (unpaired) electrons. The summed E-state index contributed by atoms with van der Waals surface area (Å²) in [5.41, 5.74) is 2.55. The number of hydrogen-bond acceptors (Lipinski definition) is 4. The second-order valence-corrected chi connectivity index (χ2v) is 5.93. The second-order valence-electron chi connectivity index (χ2n) is 3.80. The molecule has 3 aromatic heterocycles. The van der Waals surface area contributed by atoms with Crippen molar-refractivity contribution in [3.05, 3.63) is 33.8 Å². The summed E-state index contributed by atoms with van der Waals surface area (Å²) in [4.78, 5) is 19.0. The molecule has 3 nitrogen and oxygen atoms in total. The lowest BCUT2D eigenvalue weighted by Crippen LogP contribution is -1.93. The molecule has 0 aromatic carbocycles. The normalized spacial score (nSPS) is 11.2. The molecule has 0 bridgehead atoms. The van der Waals surface area contributed by atoms with E-state index in [0.717, 1.165) is 27.5 Å². The topological polar surface area (TPSA) is 34.4 Å². The van der Waals surface area contributed by atoms with Gasteiger partial charge in [0.2, 0.25) is 0 Å². The lowest BCUT2D eigenvalue weighted by molar-refractivity contribution is 0.111. The number of thiophene rings is 1. The highest BCUT2D eigenvalue weighted by Gasteiger charge is 2.18. The first-order valence-electron chi connectivity index (χ1n) is 5.20. The largest absolute Gasteiger partial charge is 0.296 e. The number of aldehydes is 1. The lowest BCUT2D eigenvalue weighted by Gasteiger charge is -1.96.